The van der Waals surface area contributed by atoms with Crippen LogP contribution in [0.1, 0.15) is 19.4 Å². The molecule has 0 nitrogen and oxygen atoms in total. The Kier molecular flexibility index (Phi) is 2.97. The highest BCUT2D eigenvalue weighted by Crippen LogP contribution is 2.35. The molecule has 4 heteroatoms. The van der Waals surface area contributed by atoms with Crippen molar-refractivity contribution < 1.29 is 1.37 Å². The van der Waals surface area contributed by atoms with Gasteiger partial charge in [-0.1, -0.05) is 37.2 Å². The van der Waals surface area contributed by atoms with Gasteiger partial charge >= 0.3 is 6.00 Å². The molecule has 0 heterocycles. The van der Waals surface area contributed by atoms with Crippen LogP contribution in [0, 0.1) is 0 Å². The lowest BCUT2D eigenvalue weighted by atomic mass is 10.2. The summed E-state index contributed by atoms with van der Waals surface area (Å²) in [5, 5.41) is 0. The zero-order valence-electron chi connectivity index (χ0n) is 7.31. The van der Waals surface area contributed by atoms with Gasteiger partial charge < -0.3 is 0 Å². The lowest BCUT2D eigenvalue weighted by Gasteiger charge is -2.17. The highest BCUT2D eigenvalue weighted by molar-refractivity contribution is 7.65. The molecule has 0 aromatic heterocycles. The SMILES string of the molecule is [2H]C[C@@H](c1ccccc1)[Si](Cl)(Cl)Cl. The van der Waals surface area contributed by atoms with Gasteiger partial charge in [-0.3, -0.25) is 0 Å². The Hall–Kier alpha value is 0.307. The van der Waals surface area contributed by atoms with E-state index in [1.165, 1.54) is 0 Å². The van der Waals surface area contributed by atoms with Crippen LogP contribution in [-0.4, -0.2) is 6.00 Å². The molecule has 1 atom stereocenters. The summed E-state index contributed by atoms with van der Waals surface area (Å²) >= 11 is 17.7. The third-order valence-electron chi connectivity index (χ3n) is 1.60. The molecular formula is C8H9Cl3Si. The predicted octanol–water partition coefficient (Wildman–Crippen LogP) is 3.98. The first kappa shape index (κ1) is 8.89. The normalized spacial score (nSPS) is 15.4. The summed E-state index contributed by atoms with van der Waals surface area (Å²) in [6.07, 6.45) is 0. The van der Waals surface area contributed by atoms with Gasteiger partial charge in [0.1, 0.15) is 0 Å². The summed E-state index contributed by atoms with van der Waals surface area (Å²) in [7, 11) is 0. The average Bonchev–Trinajstić information content (AvgIpc) is 2.05. The summed E-state index contributed by atoms with van der Waals surface area (Å²) in [5.74, 6) is 0. The summed E-state index contributed by atoms with van der Waals surface area (Å²) < 4.78 is 7.33. The molecule has 0 radical (unpaired) electrons. The van der Waals surface area contributed by atoms with Gasteiger partial charge in [-0.15, -0.1) is 33.2 Å². The quantitative estimate of drug-likeness (QED) is 0.542. The van der Waals surface area contributed by atoms with Crippen molar-refractivity contribution in [2.75, 3.05) is 0 Å². The molecular weight excluding hydrogens is 231 g/mol. The molecule has 0 saturated carbocycles. The van der Waals surface area contributed by atoms with Crippen LogP contribution in [0.5, 0.6) is 0 Å². The van der Waals surface area contributed by atoms with Crippen LogP contribution < -0.4 is 0 Å². The van der Waals surface area contributed by atoms with E-state index in [0.29, 0.717) is 0 Å². The maximum atomic E-state index is 7.33. The third kappa shape index (κ3) is 2.66. The number of hydrogen-bond acceptors (Lipinski definition) is 0. The molecule has 0 amide bonds. The second-order valence-electron chi connectivity index (χ2n) is 2.50. The lowest BCUT2D eigenvalue weighted by molar-refractivity contribution is 1.07. The molecule has 1 aromatic carbocycles. The minimum absolute atomic E-state index is 0.132. The van der Waals surface area contributed by atoms with Crippen molar-refractivity contribution >= 4 is 39.2 Å². The van der Waals surface area contributed by atoms with Gasteiger partial charge in [0.15, 0.2) is 0 Å². The average molecular weight is 241 g/mol. The van der Waals surface area contributed by atoms with Crippen LogP contribution in [0.4, 0.5) is 0 Å². The van der Waals surface area contributed by atoms with Crippen molar-refractivity contribution in [3.63, 3.8) is 0 Å². The minimum Gasteiger partial charge on any atom is -0.125 e. The van der Waals surface area contributed by atoms with Gasteiger partial charge in [-0.05, 0) is 5.56 Å². The van der Waals surface area contributed by atoms with E-state index in [4.69, 9.17) is 34.6 Å². The molecule has 0 aliphatic heterocycles. The van der Waals surface area contributed by atoms with Crippen molar-refractivity contribution in [1.82, 2.24) is 0 Å². The van der Waals surface area contributed by atoms with Crippen molar-refractivity contribution in [1.29, 1.82) is 0 Å². The standard InChI is InChI=1S/C8H9Cl3Si/c1-7(12(9,10)11)8-5-3-2-4-6-8/h2-7H,1H3/t7-/m0/s1/i1D. The van der Waals surface area contributed by atoms with Gasteiger partial charge in [-0.25, -0.2) is 0 Å². The first-order valence-corrected chi connectivity index (χ1v) is 8.58. The number of benzene rings is 1. The van der Waals surface area contributed by atoms with E-state index in [-0.39, 0.29) is 12.4 Å². The van der Waals surface area contributed by atoms with Crippen LogP contribution in [-0.2, 0) is 0 Å². The summed E-state index contributed by atoms with van der Waals surface area (Å²) in [6, 6.07) is 6.69. The number of halogens is 3. The van der Waals surface area contributed by atoms with Crippen LogP contribution in [0.3, 0.4) is 0 Å². The Morgan fingerprint density at radius 3 is 2.25 bits per heavy atom. The Bertz CT molecular complexity index is 260. The van der Waals surface area contributed by atoms with E-state index >= 15 is 0 Å². The molecule has 0 aliphatic carbocycles. The monoisotopic (exact) mass is 239 g/mol. The zero-order valence-corrected chi connectivity index (χ0v) is 9.57. The van der Waals surface area contributed by atoms with E-state index in [9.17, 15) is 0 Å². The van der Waals surface area contributed by atoms with E-state index < -0.39 is 6.00 Å². The Morgan fingerprint density at radius 2 is 1.83 bits per heavy atom. The molecule has 0 bridgehead atoms. The summed E-state index contributed by atoms with van der Waals surface area (Å²) in [6.45, 7) is 0.132. The maximum Gasteiger partial charge on any atom is 0.348 e. The van der Waals surface area contributed by atoms with E-state index in [2.05, 4.69) is 0 Å². The summed E-state index contributed by atoms with van der Waals surface area (Å²) in [5.41, 5.74) is 0.725. The van der Waals surface area contributed by atoms with Gasteiger partial charge in [0, 0.05) is 6.91 Å². The van der Waals surface area contributed by atoms with Crippen molar-refractivity contribution in [3.05, 3.63) is 35.9 Å². The van der Waals surface area contributed by atoms with Crippen LogP contribution in [0.2, 0.25) is 0 Å². The molecule has 0 spiro atoms. The second-order valence-corrected chi connectivity index (χ2v) is 11.4. The molecule has 66 valence electrons. The Morgan fingerprint density at radius 1 is 1.25 bits per heavy atom. The largest absolute Gasteiger partial charge is 0.348 e. The highest BCUT2D eigenvalue weighted by atomic mass is 35.8. The highest BCUT2D eigenvalue weighted by Gasteiger charge is 2.34. The smallest absolute Gasteiger partial charge is 0.125 e. The van der Waals surface area contributed by atoms with Crippen molar-refractivity contribution in [2.24, 2.45) is 0 Å². The summed E-state index contributed by atoms with van der Waals surface area (Å²) in [4.78, 5) is 0. The van der Waals surface area contributed by atoms with Crippen LogP contribution in [0.15, 0.2) is 30.3 Å². The fourth-order valence-corrected chi connectivity index (χ4v) is 2.58. The fourth-order valence-electron chi connectivity index (χ4n) is 0.874. The first-order valence-electron chi connectivity index (χ1n) is 4.17. The fraction of sp³-hybridized carbons (Fsp3) is 0.250. The predicted molar refractivity (Wildman–Crippen MR) is 58.2 cm³/mol. The topological polar surface area (TPSA) is 0 Å². The van der Waals surface area contributed by atoms with Crippen molar-refractivity contribution in [2.45, 2.75) is 12.4 Å². The number of rotatable bonds is 2. The lowest BCUT2D eigenvalue weighted by Crippen LogP contribution is -2.20. The van der Waals surface area contributed by atoms with Gasteiger partial charge in [0.2, 0.25) is 0 Å². The van der Waals surface area contributed by atoms with Crippen LogP contribution >= 0.6 is 33.2 Å². The second kappa shape index (κ2) is 4.01. The number of hydrogen-bond donors (Lipinski definition) is 0. The van der Waals surface area contributed by atoms with Gasteiger partial charge in [0.05, 0.1) is 0 Å². The molecule has 0 N–H and O–H groups in total. The molecule has 0 aliphatic rings. The third-order valence-corrected chi connectivity index (χ3v) is 5.09. The molecule has 1 rings (SSSR count). The first-order chi connectivity index (χ1) is 6.05. The van der Waals surface area contributed by atoms with E-state index in [1.807, 2.05) is 30.3 Å². The van der Waals surface area contributed by atoms with Gasteiger partial charge in [0.25, 0.3) is 0 Å². The van der Waals surface area contributed by atoms with Crippen molar-refractivity contribution in [3.8, 4) is 0 Å². The zero-order chi connectivity index (χ0) is 9.90. The molecule has 1 aromatic rings. The Labute approximate surface area is 89.0 Å². The molecule has 0 unspecified atom stereocenters. The Balaban J connectivity index is 2.92. The molecule has 0 saturated heterocycles. The van der Waals surface area contributed by atoms with Crippen LogP contribution in [0.25, 0.3) is 0 Å². The van der Waals surface area contributed by atoms with Gasteiger partial charge in [-0.2, -0.15) is 0 Å². The molecule has 12 heavy (non-hydrogen) atoms. The van der Waals surface area contributed by atoms with E-state index in [1.54, 1.807) is 0 Å². The maximum absolute atomic E-state index is 7.33. The van der Waals surface area contributed by atoms with E-state index in [0.717, 1.165) is 5.56 Å². The molecule has 0 fully saturated rings. The minimum atomic E-state index is -2.80.